The molecule has 3 aromatic carbocycles. The Morgan fingerprint density at radius 1 is 0.843 bits per heavy atom. The van der Waals surface area contributed by atoms with Crippen LogP contribution >= 0.6 is 0 Å². The lowest BCUT2D eigenvalue weighted by atomic mass is 9.98. The number of aromatic amines is 1. The molecule has 0 saturated carbocycles. The molecule has 1 aliphatic carbocycles. The van der Waals surface area contributed by atoms with E-state index in [0.717, 1.165) is 33.2 Å². The van der Waals surface area contributed by atoms with Gasteiger partial charge in [-0.05, 0) is 93.8 Å². The van der Waals surface area contributed by atoms with Crippen molar-refractivity contribution in [1.82, 2.24) is 20.9 Å². The van der Waals surface area contributed by atoms with Crippen LogP contribution in [0.5, 0.6) is 0 Å². The average Bonchev–Trinajstić information content (AvgIpc) is 3.39. The number of carbonyl (C=O) groups excluding carboxylic acids is 4. The molecule has 12 heteroatoms. The van der Waals surface area contributed by atoms with E-state index in [1.807, 2.05) is 55.5 Å². The zero-order valence-electron chi connectivity index (χ0n) is 29.6. The second-order valence-electron chi connectivity index (χ2n) is 13.7. The van der Waals surface area contributed by atoms with Crippen molar-refractivity contribution in [1.29, 1.82) is 0 Å². The van der Waals surface area contributed by atoms with Crippen LogP contribution in [-0.4, -0.2) is 59.8 Å². The quantitative estimate of drug-likeness (QED) is 0.115. The highest BCUT2D eigenvalue weighted by Crippen LogP contribution is 2.44. The van der Waals surface area contributed by atoms with Gasteiger partial charge in [0.05, 0.1) is 5.52 Å². The molecule has 0 bridgehead atoms. The highest BCUT2D eigenvalue weighted by Gasteiger charge is 2.30. The van der Waals surface area contributed by atoms with E-state index in [0.29, 0.717) is 30.6 Å². The number of anilines is 1. The Balaban J connectivity index is 1.19. The van der Waals surface area contributed by atoms with Crippen LogP contribution in [0.2, 0.25) is 0 Å². The standard InChI is InChI=1S/C39H45N5O7/c1-23-20-34(45)43-33-21-25(17-18-26(23)33)42-36(47)32(16-10-11-19-40-37(48)51-39(3,4)5)44-35(46)24(2)41-38(49)50-22-31-29-14-8-6-12-27(29)28-13-7-9-15-30(28)31/h6-9,12-15,17-18,20-21,24,31-32H,10-11,16,19,22H2,1-5H3,(H,40,48)(H,41,49)(H,42,47)(H,43,45)(H,44,46)/t24-,32-/m0/s1. The lowest BCUT2D eigenvalue weighted by Crippen LogP contribution is -2.51. The summed E-state index contributed by atoms with van der Waals surface area (Å²) in [7, 11) is 0. The number of nitrogens with one attached hydrogen (secondary N) is 5. The van der Waals surface area contributed by atoms with Crippen LogP contribution in [0, 0.1) is 6.92 Å². The van der Waals surface area contributed by atoms with Crippen molar-refractivity contribution in [3.05, 3.63) is 99.8 Å². The summed E-state index contributed by atoms with van der Waals surface area (Å²) < 4.78 is 10.9. The molecule has 4 amide bonds. The van der Waals surface area contributed by atoms with E-state index >= 15 is 0 Å². The zero-order chi connectivity index (χ0) is 36.7. The SMILES string of the molecule is Cc1cc(=O)[nH]c2cc(NC(=O)[C@H](CCCCNC(=O)OC(C)(C)C)NC(=O)[C@H](C)NC(=O)OCC3c4ccccc4-c4ccccc43)ccc12. The van der Waals surface area contributed by atoms with Crippen LogP contribution in [0.25, 0.3) is 22.0 Å². The molecule has 268 valence electrons. The third-order valence-electron chi connectivity index (χ3n) is 8.61. The average molecular weight is 696 g/mol. The van der Waals surface area contributed by atoms with Crippen LogP contribution in [0.1, 0.15) is 69.6 Å². The number of aryl methyl sites for hydroxylation is 1. The fraction of sp³-hybridized carbons (Fsp3) is 0.359. The van der Waals surface area contributed by atoms with Crippen molar-refractivity contribution in [2.75, 3.05) is 18.5 Å². The van der Waals surface area contributed by atoms with Crippen LogP contribution in [0.3, 0.4) is 0 Å². The number of hydrogen-bond donors (Lipinski definition) is 5. The van der Waals surface area contributed by atoms with E-state index in [4.69, 9.17) is 9.47 Å². The predicted molar refractivity (Wildman–Crippen MR) is 196 cm³/mol. The molecule has 0 saturated heterocycles. The second-order valence-corrected chi connectivity index (χ2v) is 13.7. The Hall–Kier alpha value is -5.65. The molecule has 1 heterocycles. The molecular formula is C39H45N5O7. The van der Waals surface area contributed by atoms with Crippen molar-refractivity contribution in [2.24, 2.45) is 0 Å². The molecule has 5 rings (SSSR count). The van der Waals surface area contributed by atoms with E-state index in [1.165, 1.54) is 13.0 Å². The summed E-state index contributed by atoms with van der Waals surface area (Å²) in [6.45, 7) is 9.07. The molecule has 1 aliphatic rings. The molecule has 0 spiro atoms. The summed E-state index contributed by atoms with van der Waals surface area (Å²) in [6, 6.07) is 20.7. The normalized spacial score (nSPS) is 13.4. The number of unbranched alkanes of at least 4 members (excludes halogenated alkanes) is 1. The third-order valence-corrected chi connectivity index (χ3v) is 8.61. The predicted octanol–water partition coefficient (Wildman–Crippen LogP) is 5.88. The molecule has 4 aromatic rings. The van der Waals surface area contributed by atoms with Gasteiger partial charge in [0.25, 0.3) is 0 Å². The lowest BCUT2D eigenvalue weighted by Gasteiger charge is -2.22. The Morgan fingerprint density at radius 2 is 1.51 bits per heavy atom. The fourth-order valence-electron chi connectivity index (χ4n) is 6.17. The smallest absolute Gasteiger partial charge is 0.407 e. The minimum atomic E-state index is -1.02. The van der Waals surface area contributed by atoms with E-state index in [2.05, 4.69) is 26.3 Å². The summed E-state index contributed by atoms with van der Waals surface area (Å²) in [4.78, 5) is 66.6. The summed E-state index contributed by atoms with van der Waals surface area (Å²) in [5.41, 5.74) is 5.26. The number of hydrogen-bond acceptors (Lipinski definition) is 7. The maximum Gasteiger partial charge on any atom is 0.407 e. The van der Waals surface area contributed by atoms with Crippen LogP contribution in [-0.2, 0) is 19.1 Å². The highest BCUT2D eigenvalue weighted by molar-refractivity contribution is 5.99. The van der Waals surface area contributed by atoms with Gasteiger partial charge in [-0.15, -0.1) is 0 Å². The van der Waals surface area contributed by atoms with Gasteiger partial charge >= 0.3 is 12.2 Å². The largest absolute Gasteiger partial charge is 0.449 e. The van der Waals surface area contributed by atoms with Gasteiger partial charge in [-0.3, -0.25) is 14.4 Å². The Morgan fingerprint density at radius 3 is 2.18 bits per heavy atom. The van der Waals surface area contributed by atoms with Crippen LogP contribution < -0.4 is 26.8 Å². The third kappa shape index (κ3) is 9.53. The van der Waals surface area contributed by atoms with E-state index < -0.39 is 41.7 Å². The number of alkyl carbamates (subject to hydrolysis) is 2. The summed E-state index contributed by atoms with van der Waals surface area (Å²) in [6.07, 6.45) is -0.0541. The van der Waals surface area contributed by atoms with Gasteiger partial charge in [0, 0.05) is 29.6 Å². The molecular weight excluding hydrogens is 650 g/mol. The first-order chi connectivity index (χ1) is 24.3. The molecule has 0 radical (unpaired) electrons. The van der Waals surface area contributed by atoms with E-state index in [1.54, 1.807) is 39.0 Å². The second kappa shape index (κ2) is 15.9. The van der Waals surface area contributed by atoms with Crippen molar-refractivity contribution >= 4 is 40.6 Å². The van der Waals surface area contributed by atoms with Gasteiger partial charge in [0.2, 0.25) is 17.4 Å². The number of fused-ring (bicyclic) bond motifs is 4. The Bertz CT molecular complexity index is 1940. The van der Waals surface area contributed by atoms with Crippen molar-refractivity contribution in [3.8, 4) is 11.1 Å². The fourth-order valence-corrected chi connectivity index (χ4v) is 6.17. The first-order valence-corrected chi connectivity index (χ1v) is 17.1. The molecule has 0 fully saturated rings. The molecule has 2 atom stereocenters. The van der Waals surface area contributed by atoms with Crippen molar-refractivity contribution < 1.29 is 28.7 Å². The maximum atomic E-state index is 13.5. The number of aromatic nitrogens is 1. The Labute approximate surface area is 296 Å². The monoisotopic (exact) mass is 695 g/mol. The number of rotatable bonds is 12. The van der Waals surface area contributed by atoms with Gasteiger partial charge in [0.1, 0.15) is 24.3 Å². The number of carbonyl (C=O) groups is 4. The topological polar surface area (TPSA) is 168 Å². The van der Waals surface area contributed by atoms with Gasteiger partial charge in [0.15, 0.2) is 0 Å². The Kier molecular flexibility index (Phi) is 11.4. The minimum absolute atomic E-state index is 0.0904. The van der Waals surface area contributed by atoms with Gasteiger partial charge in [-0.2, -0.15) is 0 Å². The first-order valence-electron chi connectivity index (χ1n) is 17.1. The molecule has 0 aliphatic heterocycles. The van der Waals surface area contributed by atoms with Crippen molar-refractivity contribution in [2.45, 2.75) is 77.5 Å². The highest BCUT2D eigenvalue weighted by atomic mass is 16.6. The summed E-state index contributed by atoms with van der Waals surface area (Å²) >= 11 is 0. The van der Waals surface area contributed by atoms with E-state index in [9.17, 15) is 24.0 Å². The zero-order valence-corrected chi connectivity index (χ0v) is 29.6. The maximum absolute atomic E-state index is 13.5. The number of H-pyrrole nitrogens is 1. The molecule has 1 aromatic heterocycles. The number of pyridine rings is 1. The summed E-state index contributed by atoms with van der Waals surface area (Å²) in [5, 5.41) is 11.7. The molecule has 5 N–H and O–H groups in total. The van der Waals surface area contributed by atoms with Crippen LogP contribution in [0.4, 0.5) is 15.3 Å². The minimum Gasteiger partial charge on any atom is -0.449 e. The van der Waals surface area contributed by atoms with Crippen LogP contribution in [0.15, 0.2) is 77.6 Å². The van der Waals surface area contributed by atoms with Gasteiger partial charge in [-0.1, -0.05) is 54.6 Å². The lowest BCUT2D eigenvalue weighted by molar-refractivity contribution is -0.127. The first kappa shape index (κ1) is 36.6. The van der Waals surface area contributed by atoms with Gasteiger partial charge in [-0.25, -0.2) is 9.59 Å². The van der Waals surface area contributed by atoms with Crippen molar-refractivity contribution in [3.63, 3.8) is 0 Å². The van der Waals surface area contributed by atoms with E-state index in [-0.39, 0.29) is 24.5 Å². The number of benzene rings is 3. The summed E-state index contributed by atoms with van der Waals surface area (Å²) in [5.74, 6) is -1.19. The number of ether oxygens (including phenoxy) is 2. The van der Waals surface area contributed by atoms with Gasteiger partial charge < -0.3 is 35.7 Å². The molecule has 12 nitrogen and oxygen atoms in total. The molecule has 0 unspecified atom stereocenters. The number of amides is 4. The molecule has 51 heavy (non-hydrogen) atoms.